The van der Waals surface area contributed by atoms with Gasteiger partial charge in [0.1, 0.15) is 0 Å². The molecule has 0 aromatic carbocycles. The van der Waals surface area contributed by atoms with Gasteiger partial charge in [-0.1, -0.05) is 12.8 Å². The van der Waals surface area contributed by atoms with Crippen molar-refractivity contribution in [3.05, 3.63) is 0 Å². The molecule has 0 aromatic heterocycles. The highest BCUT2D eigenvalue weighted by atomic mass is 32.2. The summed E-state index contributed by atoms with van der Waals surface area (Å²) in [5.74, 6) is -2.26. The first kappa shape index (κ1) is 20.8. The van der Waals surface area contributed by atoms with E-state index in [0.29, 0.717) is 19.3 Å². The number of carbonyl (C=O) groups is 4. The van der Waals surface area contributed by atoms with Crippen LogP contribution in [0.3, 0.4) is 0 Å². The lowest BCUT2D eigenvalue weighted by Gasteiger charge is -2.19. The molecular formula is C18H26N2O7S. The molecule has 3 aliphatic rings. The van der Waals surface area contributed by atoms with Gasteiger partial charge in [0, 0.05) is 12.6 Å². The predicted molar refractivity (Wildman–Crippen MR) is 97.5 cm³/mol. The van der Waals surface area contributed by atoms with Crippen molar-refractivity contribution < 1.29 is 32.3 Å². The number of hydrogen-bond donors (Lipinski definition) is 1. The summed E-state index contributed by atoms with van der Waals surface area (Å²) in [6.45, 7) is 1.36. The maximum Gasteiger partial charge on any atom is 0.308 e. The number of likely N-dealkylation sites (tertiary alicyclic amines) is 1. The number of sulfone groups is 1. The summed E-state index contributed by atoms with van der Waals surface area (Å²) in [7, 11) is -3.12. The first-order chi connectivity index (χ1) is 13.2. The van der Waals surface area contributed by atoms with Crippen LogP contribution >= 0.6 is 0 Å². The zero-order valence-electron chi connectivity index (χ0n) is 15.9. The molecule has 2 saturated heterocycles. The number of imide groups is 1. The average molecular weight is 414 g/mol. The summed E-state index contributed by atoms with van der Waals surface area (Å²) >= 11 is 0. The topological polar surface area (TPSA) is 127 Å². The van der Waals surface area contributed by atoms with Crippen LogP contribution in [0.15, 0.2) is 0 Å². The number of carbonyl (C=O) groups excluding carboxylic acids is 4. The molecule has 2 aliphatic heterocycles. The van der Waals surface area contributed by atoms with Gasteiger partial charge in [0.25, 0.3) is 5.91 Å². The number of ether oxygens (including phenoxy) is 1. The number of rotatable bonds is 6. The molecule has 3 amide bonds. The smallest absolute Gasteiger partial charge is 0.308 e. The monoisotopic (exact) mass is 414 g/mol. The van der Waals surface area contributed by atoms with Crippen LogP contribution in [-0.2, 0) is 33.8 Å². The number of esters is 1. The van der Waals surface area contributed by atoms with Crippen LogP contribution in [0.5, 0.6) is 0 Å². The van der Waals surface area contributed by atoms with E-state index in [1.165, 1.54) is 6.92 Å². The number of amides is 3. The quantitative estimate of drug-likeness (QED) is 0.470. The molecule has 28 heavy (non-hydrogen) atoms. The summed E-state index contributed by atoms with van der Waals surface area (Å²) in [6, 6.07) is -0.471. The molecule has 3 fully saturated rings. The zero-order chi connectivity index (χ0) is 20.5. The van der Waals surface area contributed by atoms with Crippen molar-refractivity contribution >= 4 is 33.5 Å². The molecule has 0 bridgehead atoms. The van der Waals surface area contributed by atoms with Crippen molar-refractivity contribution in [1.29, 1.82) is 0 Å². The van der Waals surface area contributed by atoms with Gasteiger partial charge in [0.05, 0.1) is 29.8 Å². The largest absolute Gasteiger partial charge is 0.452 e. The van der Waals surface area contributed by atoms with Gasteiger partial charge in [-0.3, -0.25) is 24.1 Å². The molecule has 1 aliphatic carbocycles. The van der Waals surface area contributed by atoms with E-state index in [1.807, 2.05) is 0 Å². The number of nitrogens with zero attached hydrogens (tertiary/aromatic N) is 1. The van der Waals surface area contributed by atoms with Crippen molar-refractivity contribution in [2.24, 2.45) is 11.8 Å². The van der Waals surface area contributed by atoms with Gasteiger partial charge in [0.15, 0.2) is 15.9 Å². The molecule has 2 heterocycles. The van der Waals surface area contributed by atoms with Gasteiger partial charge >= 0.3 is 5.97 Å². The molecule has 4 atom stereocenters. The molecule has 0 unspecified atom stereocenters. The summed E-state index contributed by atoms with van der Waals surface area (Å²) in [5, 5.41) is 2.57. The van der Waals surface area contributed by atoms with Gasteiger partial charge in [0.2, 0.25) is 11.8 Å². The van der Waals surface area contributed by atoms with E-state index in [9.17, 15) is 27.6 Å². The Morgan fingerprint density at radius 3 is 2.29 bits per heavy atom. The highest BCUT2D eigenvalue weighted by molar-refractivity contribution is 7.91. The van der Waals surface area contributed by atoms with Crippen LogP contribution in [0.25, 0.3) is 0 Å². The fraction of sp³-hybridized carbons (Fsp3) is 0.778. The molecule has 156 valence electrons. The number of nitrogens with one attached hydrogen (secondary N) is 1. The summed E-state index contributed by atoms with van der Waals surface area (Å²) < 4.78 is 27.9. The molecule has 0 radical (unpaired) electrons. The molecule has 1 saturated carbocycles. The van der Waals surface area contributed by atoms with E-state index in [-0.39, 0.29) is 48.1 Å². The van der Waals surface area contributed by atoms with Crippen LogP contribution in [0.4, 0.5) is 0 Å². The fourth-order valence-corrected chi connectivity index (χ4v) is 5.86. The second-order valence-electron chi connectivity index (χ2n) is 7.82. The minimum Gasteiger partial charge on any atom is -0.452 e. The Morgan fingerprint density at radius 1 is 1.14 bits per heavy atom. The summed E-state index contributed by atoms with van der Waals surface area (Å²) in [4.78, 5) is 50.0. The second-order valence-corrected chi connectivity index (χ2v) is 10.0. The van der Waals surface area contributed by atoms with Crippen molar-refractivity contribution in [2.75, 3.05) is 18.1 Å². The lowest BCUT2D eigenvalue weighted by Crippen LogP contribution is -2.43. The second kappa shape index (κ2) is 8.18. The van der Waals surface area contributed by atoms with E-state index in [4.69, 9.17) is 4.74 Å². The maximum absolute atomic E-state index is 12.4. The Labute approximate surface area is 164 Å². The minimum atomic E-state index is -3.12. The molecule has 3 rings (SSSR count). The molecule has 0 spiro atoms. The van der Waals surface area contributed by atoms with Gasteiger partial charge in [-0.2, -0.15) is 0 Å². The minimum absolute atomic E-state index is 0.0337. The average Bonchev–Trinajstić information content (AvgIpc) is 3.10. The third-order valence-electron chi connectivity index (χ3n) is 5.73. The third-order valence-corrected chi connectivity index (χ3v) is 7.50. The van der Waals surface area contributed by atoms with E-state index in [2.05, 4.69) is 5.32 Å². The van der Waals surface area contributed by atoms with Gasteiger partial charge in [-0.05, 0) is 26.2 Å². The van der Waals surface area contributed by atoms with Gasteiger partial charge < -0.3 is 10.1 Å². The maximum atomic E-state index is 12.4. The molecule has 9 nitrogen and oxygen atoms in total. The van der Waals surface area contributed by atoms with E-state index in [0.717, 1.165) is 17.7 Å². The molecule has 1 N–H and O–H groups in total. The number of hydrogen-bond acceptors (Lipinski definition) is 7. The lowest BCUT2D eigenvalue weighted by atomic mass is 9.81. The van der Waals surface area contributed by atoms with Crippen LogP contribution in [-0.4, -0.2) is 67.2 Å². The molecule has 0 aromatic rings. The van der Waals surface area contributed by atoms with Gasteiger partial charge in [-0.15, -0.1) is 0 Å². The van der Waals surface area contributed by atoms with E-state index < -0.39 is 33.9 Å². The van der Waals surface area contributed by atoms with Crippen molar-refractivity contribution in [1.82, 2.24) is 10.2 Å². The fourth-order valence-electron chi connectivity index (χ4n) is 4.19. The standard InChI is InChI=1S/C18H26N2O7S/c1-11(16(22)19-12-7-9-28(25,26)10-12)27-15(21)6-8-20-17(23)13-4-2-3-5-14(13)18(20)24/h11-14H,2-10H2,1H3,(H,19,22)/t11-,12+,13-,14+/m1/s1. The predicted octanol–water partition coefficient (Wildman–Crippen LogP) is -0.213. The Bertz CT molecular complexity index is 755. The van der Waals surface area contributed by atoms with Crippen molar-refractivity contribution in [3.8, 4) is 0 Å². The van der Waals surface area contributed by atoms with Crippen LogP contribution in [0.2, 0.25) is 0 Å². The van der Waals surface area contributed by atoms with E-state index in [1.54, 1.807) is 0 Å². The van der Waals surface area contributed by atoms with Crippen LogP contribution in [0, 0.1) is 11.8 Å². The number of fused-ring (bicyclic) bond motifs is 1. The highest BCUT2D eigenvalue weighted by Crippen LogP contribution is 2.37. The Balaban J connectivity index is 1.44. The Morgan fingerprint density at radius 2 is 1.75 bits per heavy atom. The highest BCUT2D eigenvalue weighted by Gasteiger charge is 2.47. The summed E-state index contributed by atoms with van der Waals surface area (Å²) in [6.07, 6.45) is 2.39. The van der Waals surface area contributed by atoms with Crippen molar-refractivity contribution in [2.45, 2.75) is 57.6 Å². The zero-order valence-corrected chi connectivity index (χ0v) is 16.7. The van der Waals surface area contributed by atoms with Crippen LogP contribution in [0.1, 0.15) is 45.4 Å². The Kier molecular flexibility index (Phi) is 6.07. The first-order valence-electron chi connectivity index (χ1n) is 9.73. The van der Waals surface area contributed by atoms with Crippen LogP contribution < -0.4 is 5.32 Å². The first-order valence-corrected chi connectivity index (χ1v) is 11.6. The van der Waals surface area contributed by atoms with Crippen molar-refractivity contribution in [3.63, 3.8) is 0 Å². The summed E-state index contributed by atoms with van der Waals surface area (Å²) in [5.41, 5.74) is 0. The molecule has 10 heteroatoms. The van der Waals surface area contributed by atoms with Gasteiger partial charge in [-0.25, -0.2) is 8.42 Å². The SMILES string of the molecule is C[C@@H](OC(=O)CCN1C(=O)[C@H]2CCCC[C@H]2C1=O)C(=O)N[C@H]1CCS(=O)(=O)C1. The third kappa shape index (κ3) is 4.53. The normalized spacial score (nSPS) is 30.0. The van der Waals surface area contributed by atoms with E-state index >= 15 is 0 Å². The Hall–Kier alpha value is -1.97. The molecular weight excluding hydrogens is 388 g/mol. The lowest BCUT2D eigenvalue weighted by molar-refractivity contribution is -0.155.